The molecule has 3 fully saturated rings. The molecule has 1 aliphatic carbocycles. The third-order valence-corrected chi connectivity index (χ3v) is 6.72. The van der Waals surface area contributed by atoms with E-state index < -0.39 is 11.4 Å². The topological polar surface area (TPSA) is 60.9 Å². The van der Waals surface area contributed by atoms with Crippen LogP contribution in [0.5, 0.6) is 0 Å². The zero-order valence-corrected chi connectivity index (χ0v) is 15.6. The number of likely N-dealkylation sites (tertiary alicyclic amines) is 2. The predicted molar refractivity (Wildman–Crippen MR) is 99.1 cm³/mol. The van der Waals surface area contributed by atoms with Gasteiger partial charge in [0.05, 0.1) is 6.42 Å². The number of carboxylic acid groups (broad SMARTS) is 1. The van der Waals surface area contributed by atoms with Gasteiger partial charge in [-0.05, 0) is 36.5 Å². The Morgan fingerprint density at radius 2 is 1.88 bits per heavy atom. The molecule has 0 radical (unpaired) electrons. The average Bonchev–Trinajstić information content (AvgIpc) is 3.08. The van der Waals surface area contributed by atoms with Crippen molar-refractivity contribution in [1.82, 2.24) is 9.80 Å². The zero-order valence-electron chi connectivity index (χ0n) is 14.9. The number of benzene rings is 1. The standard InChI is InChI=1S/C20H25ClN2O3/c21-17-6-4-14(5-7-17)8-18(24)23-11-16-10-22(9-15-2-1-3-15)12-20(16,13-23)19(25)26/h4-7,15-16H,1-3,8-13H2,(H,25,26)/t16-,20-/m1/s1. The normalized spacial score (nSPS) is 28.8. The molecule has 5 nitrogen and oxygen atoms in total. The molecule has 2 atom stereocenters. The van der Waals surface area contributed by atoms with Gasteiger partial charge in [-0.1, -0.05) is 30.2 Å². The summed E-state index contributed by atoms with van der Waals surface area (Å²) in [6.45, 7) is 3.28. The maximum Gasteiger partial charge on any atom is 0.313 e. The molecule has 6 heteroatoms. The van der Waals surface area contributed by atoms with E-state index >= 15 is 0 Å². The van der Waals surface area contributed by atoms with E-state index in [1.54, 1.807) is 17.0 Å². The molecule has 0 aromatic heterocycles. The molecular weight excluding hydrogens is 352 g/mol. The summed E-state index contributed by atoms with van der Waals surface area (Å²) >= 11 is 5.89. The van der Waals surface area contributed by atoms with Crippen LogP contribution in [0, 0.1) is 17.3 Å². The Morgan fingerprint density at radius 3 is 2.46 bits per heavy atom. The molecule has 3 aliphatic rings. The number of carboxylic acids is 1. The van der Waals surface area contributed by atoms with Crippen molar-refractivity contribution in [3.05, 3.63) is 34.9 Å². The number of amides is 1. The summed E-state index contributed by atoms with van der Waals surface area (Å²) in [5.41, 5.74) is 0.117. The first-order valence-corrected chi connectivity index (χ1v) is 9.82. The number of aliphatic carboxylic acids is 1. The van der Waals surface area contributed by atoms with Crippen molar-refractivity contribution in [3.63, 3.8) is 0 Å². The maximum atomic E-state index is 12.7. The lowest BCUT2D eigenvalue weighted by molar-refractivity contribution is -0.149. The third kappa shape index (κ3) is 3.23. The maximum absolute atomic E-state index is 12.7. The van der Waals surface area contributed by atoms with Crippen LogP contribution in [0.25, 0.3) is 0 Å². The summed E-state index contributed by atoms with van der Waals surface area (Å²) in [4.78, 5) is 28.9. The first kappa shape index (κ1) is 17.8. The fourth-order valence-electron chi connectivity index (χ4n) is 4.73. The number of hydrogen-bond acceptors (Lipinski definition) is 3. The van der Waals surface area contributed by atoms with Crippen molar-refractivity contribution in [2.45, 2.75) is 25.7 Å². The summed E-state index contributed by atoms with van der Waals surface area (Å²) in [6.07, 6.45) is 4.14. The highest BCUT2D eigenvalue weighted by atomic mass is 35.5. The number of nitrogens with zero attached hydrogens (tertiary/aromatic N) is 2. The van der Waals surface area contributed by atoms with E-state index in [0.717, 1.165) is 24.6 Å². The van der Waals surface area contributed by atoms with Gasteiger partial charge in [0.2, 0.25) is 5.91 Å². The summed E-state index contributed by atoms with van der Waals surface area (Å²) in [5.74, 6) is 0.0323. The second kappa shape index (κ2) is 6.86. The minimum Gasteiger partial charge on any atom is -0.481 e. The molecule has 4 rings (SSSR count). The van der Waals surface area contributed by atoms with E-state index in [1.807, 2.05) is 12.1 Å². The van der Waals surface area contributed by atoms with Crippen molar-refractivity contribution >= 4 is 23.5 Å². The van der Waals surface area contributed by atoms with E-state index in [4.69, 9.17) is 11.6 Å². The van der Waals surface area contributed by atoms with Gasteiger partial charge in [0, 0.05) is 43.7 Å². The monoisotopic (exact) mass is 376 g/mol. The third-order valence-electron chi connectivity index (χ3n) is 6.47. The van der Waals surface area contributed by atoms with Gasteiger partial charge in [-0.3, -0.25) is 9.59 Å². The lowest BCUT2D eigenvalue weighted by Crippen LogP contribution is -2.43. The fraction of sp³-hybridized carbons (Fsp3) is 0.600. The molecule has 0 bridgehead atoms. The number of rotatable bonds is 5. The highest BCUT2D eigenvalue weighted by Gasteiger charge is 2.58. The summed E-state index contributed by atoms with van der Waals surface area (Å²) in [7, 11) is 0. The lowest BCUT2D eigenvalue weighted by atomic mass is 9.81. The first-order valence-electron chi connectivity index (χ1n) is 9.44. The molecule has 2 saturated heterocycles. The Morgan fingerprint density at radius 1 is 1.15 bits per heavy atom. The molecule has 2 aliphatic heterocycles. The van der Waals surface area contributed by atoms with Crippen molar-refractivity contribution in [3.8, 4) is 0 Å². The molecular formula is C20H25ClN2O3. The molecule has 1 aromatic rings. The van der Waals surface area contributed by atoms with Crippen molar-refractivity contribution in [2.24, 2.45) is 17.3 Å². The molecule has 1 N–H and O–H groups in total. The van der Waals surface area contributed by atoms with Gasteiger partial charge in [-0.15, -0.1) is 0 Å². The Hall–Kier alpha value is -1.59. The highest BCUT2D eigenvalue weighted by Crippen LogP contribution is 2.44. The van der Waals surface area contributed by atoms with Crippen LogP contribution in [0.2, 0.25) is 5.02 Å². The van der Waals surface area contributed by atoms with Crippen molar-refractivity contribution in [2.75, 3.05) is 32.7 Å². The van der Waals surface area contributed by atoms with Crippen LogP contribution >= 0.6 is 11.6 Å². The smallest absolute Gasteiger partial charge is 0.313 e. The molecule has 1 aromatic carbocycles. The quantitative estimate of drug-likeness (QED) is 0.857. The Labute approximate surface area is 158 Å². The molecule has 1 amide bonds. The number of fused-ring (bicyclic) bond motifs is 1. The van der Waals surface area contributed by atoms with Crippen LogP contribution in [0.15, 0.2) is 24.3 Å². The van der Waals surface area contributed by atoms with Crippen LogP contribution in [0.3, 0.4) is 0 Å². The second-order valence-electron chi connectivity index (χ2n) is 8.23. The predicted octanol–water partition coefficient (Wildman–Crippen LogP) is 2.53. The summed E-state index contributed by atoms with van der Waals surface area (Å²) in [5, 5.41) is 10.6. The molecule has 140 valence electrons. The van der Waals surface area contributed by atoms with Gasteiger partial charge < -0.3 is 14.9 Å². The molecule has 26 heavy (non-hydrogen) atoms. The molecule has 0 unspecified atom stereocenters. The first-order chi connectivity index (χ1) is 12.5. The van der Waals surface area contributed by atoms with Gasteiger partial charge in [-0.2, -0.15) is 0 Å². The van der Waals surface area contributed by atoms with Gasteiger partial charge in [0.15, 0.2) is 0 Å². The second-order valence-corrected chi connectivity index (χ2v) is 8.66. The number of halogens is 1. The number of carbonyl (C=O) groups is 2. The number of hydrogen-bond donors (Lipinski definition) is 1. The van der Waals surface area contributed by atoms with Crippen LogP contribution in [0.4, 0.5) is 0 Å². The highest BCUT2D eigenvalue weighted by molar-refractivity contribution is 6.30. The Kier molecular flexibility index (Phi) is 4.70. The largest absolute Gasteiger partial charge is 0.481 e. The van der Waals surface area contributed by atoms with Crippen LogP contribution in [-0.2, 0) is 16.0 Å². The van der Waals surface area contributed by atoms with E-state index in [-0.39, 0.29) is 11.8 Å². The van der Waals surface area contributed by atoms with Crippen LogP contribution in [-0.4, -0.2) is 59.5 Å². The van der Waals surface area contributed by atoms with Crippen molar-refractivity contribution in [1.29, 1.82) is 0 Å². The van der Waals surface area contributed by atoms with Gasteiger partial charge in [-0.25, -0.2) is 0 Å². The zero-order chi connectivity index (χ0) is 18.3. The summed E-state index contributed by atoms with van der Waals surface area (Å²) < 4.78 is 0. The van der Waals surface area contributed by atoms with Crippen molar-refractivity contribution < 1.29 is 14.7 Å². The molecule has 1 saturated carbocycles. The van der Waals surface area contributed by atoms with E-state index in [1.165, 1.54) is 19.3 Å². The van der Waals surface area contributed by atoms with Crippen LogP contribution < -0.4 is 0 Å². The van der Waals surface area contributed by atoms with E-state index in [9.17, 15) is 14.7 Å². The van der Waals surface area contributed by atoms with E-state index in [0.29, 0.717) is 31.1 Å². The Balaban J connectivity index is 1.41. The Bertz CT molecular complexity index is 704. The molecule has 0 spiro atoms. The number of carbonyl (C=O) groups excluding carboxylic acids is 1. The minimum absolute atomic E-state index is 0.00731. The van der Waals surface area contributed by atoms with Gasteiger partial charge >= 0.3 is 5.97 Å². The van der Waals surface area contributed by atoms with Gasteiger partial charge in [0.25, 0.3) is 0 Å². The minimum atomic E-state index is -0.792. The van der Waals surface area contributed by atoms with Crippen LogP contribution in [0.1, 0.15) is 24.8 Å². The fourth-order valence-corrected chi connectivity index (χ4v) is 4.86. The lowest BCUT2D eigenvalue weighted by Gasteiger charge is -2.31. The van der Waals surface area contributed by atoms with E-state index in [2.05, 4.69) is 4.90 Å². The SMILES string of the molecule is O=C(Cc1ccc(Cl)cc1)N1C[C@H]2CN(CC3CCC3)C[C@@]2(C(=O)O)C1. The average molecular weight is 377 g/mol. The molecule has 2 heterocycles. The summed E-state index contributed by atoms with van der Waals surface area (Å²) in [6, 6.07) is 7.26. The van der Waals surface area contributed by atoms with Gasteiger partial charge in [0.1, 0.15) is 5.41 Å².